The van der Waals surface area contributed by atoms with Crippen LogP contribution in [0.1, 0.15) is 65.2 Å². The Bertz CT molecular complexity index is 818. The largest absolute Gasteiger partial charge is 0.481 e. The zero-order valence-electron chi connectivity index (χ0n) is 22.2. The summed E-state index contributed by atoms with van der Waals surface area (Å²) in [6.07, 6.45) is 1.36. The molecule has 0 aliphatic rings. The van der Waals surface area contributed by atoms with Crippen LogP contribution in [0.5, 0.6) is 0 Å². The van der Waals surface area contributed by atoms with Gasteiger partial charge in [0.15, 0.2) is 5.96 Å². The van der Waals surface area contributed by atoms with Gasteiger partial charge in [-0.05, 0) is 57.4 Å². The number of amides is 3. The molecule has 0 aliphatic heterocycles. The van der Waals surface area contributed by atoms with Gasteiger partial charge in [0.25, 0.3) is 0 Å². The maximum absolute atomic E-state index is 13.2. The molecule has 4 unspecified atom stereocenters. The quantitative estimate of drug-likeness (QED) is 0.0456. The second kappa shape index (κ2) is 18.7. The van der Waals surface area contributed by atoms with Crippen LogP contribution in [0.15, 0.2) is 4.99 Å². The number of guanidine groups is 1. The van der Waals surface area contributed by atoms with Crippen LogP contribution < -0.4 is 38.9 Å². The lowest BCUT2D eigenvalue weighted by atomic mass is 10.0. The summed E-state index contributed by atoms with van der Waals surface area (Å²) in [5, 5.41) is 25.9. The molecular weight excluding hydrogens is 500 g/mol. The molecule has 0 radical (unpaired) electrons. The number of nitrogens with zero attached hydrogens (tertiary/aromatic N) is 1. The van der Waals surface area contributed by atoms with Crippen molar-refractivity contribution >= 4 is 35.6 Å². The molecule has 0 aromatic carbocycles. The van der Waals surface area contributed by atoms with E-state index in [1.165, 1.54) is 0 Å². The Morgan fingerprint density at radius 2 is 1.32 bits per heavy atom. The number of hydrogen-bond acceptors (Lipinski definition) is 8. The fourth-order valence-corrected chi connectivity index (χ4v) is 3.46. The third-order valence-corrected chi connectivity index (χ3v) is 5.49. The van der Waals surface area contributed by atoms with Gasteiger partial charge < -0.3 is 49.1 Å². The Morgan fingerprint density at radius 3 is 1.79 bits per heavy atom. The summed E-state index contributed by atoms with van der Waals surface area (Å²) < 4.78 is 0. The molecule has 0 fully saturated rings. The van der Waals surface area contributed by atoms with Crippen LogP contribution in [0, 0.1) is 5.92 Å². The monoisotopic (exact) mass is 544 g/mol. The summed E-state index contributed by atoms with van der Waals surface area (Å²) >= 11 is 0. The second-order valence-electron chi connectivity index (χ2n) is 9.42. The van der Waals surface area contributed by atoms with Gasteiger partial charge in [-0.2, -0.15) is 0 Å². The van der Waals surface area contributed by atoms with E-state index >= 15 is 0 Å². The van der Waals surface area contributed by atoms with Crippen LogP contribution >= 0.6 is 0 Å². The highest BCUT2D eigenvalue weighted by Gasteiger charge is 2.30. The fourth-order valence-electron chi connectivity index (χ4n) is 3.46. The smallest absolute Gasteiger partial charge is 0.326 e. The van der Waals surface area contributed by atoms with E-state index in [4.69, 9.17) is 28.0 Å². The molecule has 4 atom stereocenters. The molecule has 0 aromatic rings. The summed E-state index contributed by atoms with van der Waals surface area (Å²) in [6, 6.07) is -4.53. The lowest BCUT2D eigenvalue weighted by Crippen LogP contribution is -2.57. The first-order valence-electron chi connectivity index (χ1n) is 12.6. The van der Waals surface area contributed by atoms with Crippen molar-refractivity contribution in [2.45, 2.75) is 89.4 Å². The van der Waals surface area contributed by atoms with E-state index in [9.17, 15) is 29.1 Å². The van der Waals surface area contributed by atoms with Gasteiger partial charge in [-0.15, -0.1) is 0 Å². The summed E-state index contributed by atoms with van der Waals surface area (Å²) in [4.78, 5) is 64.9. The number of nitrogens with one attached hydrogen (secondary N) is 3. The first kappa shape index (κ1) is 34.5. The Balaban J connectivity index is 5.65. The maximum atomic E-state index is 13.2. The molecule has 0 bridgehead atoms. The Morgan fingerprint density at radius 1 is 0.789 bits per heavy atom. The lowest BCUT2D eigenvalue weighted by molar-refractivity contribution is -0.143. The summed E-state index contributed by atoms with van der Waals surface area (Å²) in [7, 11) is 0. The van der Waals surface area contributed by atoms with Crippen LogP contribution in [0.4, 0.5) is 0 Å². The number of carboxylic acid groups (broad SMARTS) is 2. The maximum Gasteiger partial charge on any atom is 0.326 e. The van der Waals surface area contributed by atoms with Gasteiger partial charge >= 0.3 is 11.9 Å². The normalized spacial score (nSPS) is 14.0. The molecule has 3 amide bonds. The minimum atomic E-state index is -1.21. The van der Waals surface area contributed by atoms with Crippen molar-refractivity contribution < 1.29 is 34.2 Å². The molecule has 15 nitrogen and oxygen atoms in total. The second-order valence-corrected chi connectivity index (χ2v) is 9.42. The van der Waals surface area contributed by atoms with Gasteiger partial charge in [0, 0.05) is 13.0 Å². The van der Waals surface area contributed by atoms with E-state index in [2.05, 4.69) is 20.9 Å². The van der Waals surface area contributed by atoms with E-state index in [-0.39, 0.29) is 50.5 Å². The van der Waals surface area contributed by atoms with E-state index in [1.54, 1.807) is 0 Å². The predicted octanol–water partition coefficient (Wildman–Crippen LogP) is -2.05. The highest BCUT2D eigenvalue weighted by atomic mass is 16.4. The number of carboxylic acids is 2. The van der Waals surface area contributed by atoms with Crippen molar-refractivity contribution in [1.82, 2.24) is 16.0 Å². The standard InChI is InChI=1S/C23H44N8O7/c1-13(2)12-17(22(37)38)31-21(36)16(7-5-11-28-23(26)27)30-20(35)15(6-3-4-10-24)29-19(34)14(25)8-9-18(32)33/h13-17H,3-12,24-25H2,1-2H3,(H,29,34)(H,30,35)(H,31,36)(H,32,33)(H,37,38)(H4,26,27,28). The van der Waals surface area contributed by atoms with Crippen molar-refractivity contribution in [3.8, 4) is 0 Å². The summed E-state index contributed by atoms with van der Waals surface area (Å²) in [5.74, 6) is -4.58. The minimum absolute atomic E-state index is 0.0150. The number of unbranched alkanes of at least 4 members (excludes halogenated alkanes) is 1. The van der Waals surface area contributed by atoms with Crippen LogP contribution in [0.3, 0.4) is 0 Å². The van der Waals surface area contributed by atoms with Crippen LogP contribution in [-0.2, 0) is 24.0 Å². The van der Waals surface area contributed by atoms with Crippen molar-refractivity contribution in [2.24, 2.45) is 33.8 Å². The van der Waals surface area contributed by atoms with Crippen molar-refractivity contribution in [1.29, 1.82) is 0 Å². The van der Waals surface area contributed by atoms with Gasteiger partial charge in [0.2, 0.25) is 17.7 Å². The van der Waals surface area contributed by atoms with Gasteiger partial charge in [0.1, 0.15) is 18.1 Å². The number of rotatable bonds is 20. The molecule has 0 saturated carbocycles. The van der Waals surface area contributed by atoms with Crippen molar-refractivity contribution in [3.05, 3.63) is 0 Å². The number of carbonyl (C=O) groups excluding carboxylic acids is 3. The first-order chi connectivity index (χ1) is 17.8. The molecule has 0 aromatic heterocycles. The number of hydrogen-bond donors (Lipinski definition) is 9. The number of nitrogens with two attached hydrogens (primary N) is 4. The van der Waals surface area contributed by atoms with Gasteiger partial charge in [-0.1, -0.05) is 13.8 Å². The van der Waals surface area contributed by atoms with E-state index in [1.807, 2.05) is 13.8 Å². The van der Waals surface area contributed by atoms with Crippen LogP contribution in [0.2, 0.25) is 0 Å². The average molecular weight is 545 g/mol. The zero-order chi connectivity index (χ0) is 29.3. The Kier molecular flexibility index (Phi) is 17.0. The average Bonchev–Trinajstić information content (AvgIpc) is 2.82. The molecule has 218 valence electrons. The summed E-state index contributed by atoms with van der Waals surface area (Å²) in [5.41, 5.74) is 21.9. The van der Waals surface area contributed by atoms with Crippen LogP contribution in [-0.4, -0.2) is 83.1 Å². The van der Waals surface area contributed by atoms with E-state index in [0.29, 0.717) is 25.8 Å². The van der Waals surface area contributed by atoms with E-state index in [0.717, 1.165) is 0 Å². The zero-order valence-corrected chi connectivity index (χ0v) is 22.2. The molecule has 0 heterocycles. The van der Waals surface area contributed by atoms with Crippen molar-refractivity contribution in [2.75, 3.05) is 13.1 Å². The SMILES string of the molecule is CC(C)CC(NC(=O)C(CCCN=C(N)N)NC(=O)C(CCCCN)NC(=O)C(N)CCC(=O)O)C(=O)O. The van der Waals surface area contributed by atoms with Crippen LogP contribution in [0.25, 0.3) is 0 Å². The Labute approximate surface area is 222 Å². The number of aliphatic imine (C=N–C) groups is 1. The third kappa shape index (κ3) is 15.6. The fraction of sp³-hybridized carbons (Fsp3) is 0.739. The van der Waals surface area contributed by atoms with Gasteiger partial charge in [-0.3, -0.25) is 24.2 Å². The molecule has 13 N–H and O–H groups in total. The predicted molar refractivity (Wildman–Crippen MR) is 141 cm³/mol. The number of aliphatic carboxylic acids is 2. The summed E-state index contributed by atoms with van der Waals surface area (Å²) in [6.45, 7) is 4.16. The highest BCUT2D eigenvalue weighted by molar-refractivity contribution is 5.94. The topological polar surface area (TPSA) is 278 Å². The Hall–Kier alpha value is -3.46. The van der Waals surface area contributed by atoms with Gasteiger partial charge in [0.05, 0.1) is 6.04 Å². The molecule has 0 spiro atoms. The molecule has 15 heteroatoms. The first-order valence-corrected chi connectivity index (χ1v) is 12.6. The third-order valence-electron chi connectivity index (χ3n) is 5.49. The molecule has 0 rings (SSSR count). The van der Waals surface area contributed by atoms with Crippen molar-refractivity contribution in [3.63, 3.8) is 0 Å². The number of carbonyl (C=O) groups is 5. The van der Waals surface area contributed by atoms with E-state index < -0.39 is 53.8 Å². The van der Waals surface area contributed by atoms with Gasteiger partial charge in [-0.25, -0.2) is 4.79 Å². The highest BCUT2D eigenvalue weighted by Crippen LogP contribution is 2.09. The molecule has 38 heavy (non-hydrogen) atoms. The lowest BCUT2D eigenvalue weighted by Gasteiger charge is -2.25. The molecular formula is C23H44N8O7. The molecule has 0 saturated heterocycles. The molecule has 0 aliphatic carbocycles. The minimum Gasteiger partial charge on any atom is -0.481 e.